The third-order valence-corrected chi connectivity index (χ3v) is 5.46. The topological polar surface area (TPSA) is 33.2 Å². The van der Waals surface area contributed by atoms with Crippen molar-refractivity contribution in [2.45, 2.75) is 36.6 Å². The van der Waals surface area contributed by atoms with Crippen LogP contribution < -0.4 is 0 Å². The number of piperidine rings is 1. The lowest BCUT2D eigenvalue weighted by Gasteiger charge is -2.28. The van der Waals surface area contributed by atoms with Crippen molar-refractivity contribution >= 4 is 17.7 Å². The van der Waals surface area contributed by atoms with Gasteiger partial charge in [0.1, 0.15) is 5.03 Å². The smallest absolute Gasteiger partial charge is 0.256 e. The minimum Gasteiger partial charge on any atom is -0.338 e. The lowest BCUT2D eigenvalue weighted by atomic mass is 10.1. The first-order chi connectivity index (χ1) is 11.5. The highest BCUT2D eigenvalue weighted by Gasteiger charge is 2.22. The number of hydrogen-bond acceptors (Lipinski definition) is 3. The second-order valence-corrected chi connectivity index (χ2v) is 7.31. The van der Waals surface area contributed by atoms with Gasteiger partial charge in [0.25, 0.3) is 5.91 Å². The van der Waals surface area contributed by atoms with Crippen LogP contribution in [0.25, 0.3) is 0 Å². The van der Waals surface area contributed by atoms with E-state index in [0.29, 0.717) is 5.56 Å². The molecule has 3 nitrogen and oxygen atoms in total. The summed E-state index contributed by atoms with van der Waals surface area (Å²) in [7, 11) is 0. The highest BCUT2D eigenvalue weighted by Crippen LogP contribution is 2.31. The molecule has 1 fully saturated rings. The summed E-state index contributed by atoms with van der Waals surface area (Å²) >= 11 is 1.55. The van der Waals surface area contributed by atoms with Crippen LogP contribution >= 0.6 is 11.8 Å². The molecule has 24 heavy (non-hydrogen) atoms. The number of nitrogens with zero attached hydrogens (tertiary/aromatic N) is 2. The van der Waals surface area contributed by atoms with Crippen LogP contribution in [0, 0.1) is 13.8 Å². The molecule has 0 saturated carbocycles. The Labute approximate surface area is 147 Å². The maximum absolute atomic E-state index is 12.9. The summed E-state index contributed by atoms with van der Waals surface area (Å²) in [4.78, 5) is 20.4. The lowest BCUT2D eigenvalue weighted by molar-refractivity contribution is 0.0739. The van der Waals surface area contributed by atoms with Gasteiger partial charge in [0.05, 0.1) is 5.56 Å². The van der Waals surface area contributed by atoms with Gasteiger partial charge in [-0.3, -0.25) is 4.79 Å². The van der Waals surface area contributed by atoms with E-state index in [1.807, 2.05) is 17.0 Å². The van der Waals surface area contributed by atoms with E-state index in [2.05, 4.69) is 43.6 Å². The van der Waals surface area contributed by atoms with Crippen LogP contribution in [-0.2, 0) is 0 Å². The molecular formula is C20H22N2OS. The monoisotopic (exact) mass is 338 g/mol. The van der Waals surface area contributed by atoms with Crippen LogP contribution in [0.2, 0.25) is 0 Å². The van der Waals surface area contributed by atoms with Crippen molar-refractivity contribution in [1.82, 2.24) is 9.88 Å². The highest BCUT2D eigenvalue weighted by atomic mass is 32.2. The van der Waals surface area contributed by atoms with E-state index in [1.54, 1.807) is 18.0 Å². The summed E-state index contributed by atoms with van der Waals surface area (Å²) in [6.07, 6.45) is 3.54. The molecule has 3 rings (SSSR count). The normalized spacial score (nSPS) is 14.8. The average molecular weight is 338 g/mol. The van der Waals surface area contributed by atoms with Gasteiger partial charge in [0.2, 0.25) is 0 Å². The molecule has 4 heteroatoms. The van der Waals surface area contributed by atoms with Crippen LogP contribution in [0.15, 0.2) is 58.6 Å². The Morgan fingerprint density at radius 2 is 1.92 bits per heavy atom. The summed E-state index contributed by atoms with van der Waals surface area (Å²) in [5.74, 6) is 0.0712. The van der Waals surface area contributed by atoms with Gasteiger partial charge in [-0.2, -0.15) is 0 Å². The van der Waals surface area contributed by atoms with Gasteiger partial charge in [0.15, 0.2) is 0 Å². The van der Waals surface area contributed by atoms with Gasteiger partial charge in [-0.1, -0.05) is 30.0 Å². The molecule has 0 bridgehead atoms. The minimum atomic E-state index is 0.0712. The molecule has 0 unspecified atom stereocenters. The van der Waals surface area contributed by atoms with E-state index in [4.69, 9.17) is 0 Å². The first-order valence-electron chi connectivity index (χ1n) is 8.20. The van der Waals surface area contributed by atoms with E-state index in [9.17, 15) is 4.79 Å². The molecule has 1 aliphatic heterocycles. The number of benzene rings is 1. The van der Waals surface area contributed by atoms with Gasteiger partial charge >= 0.3 is 0 Å². The van der Waals surface area contributed by atoms with Crippen LogP contribution in [0.1, 0.15) is 34.3 Å². The van der Waals surface area contributed by atoms with Crippen LogP contribution in [0.3, 0.4) is 0 Å². The number of aryl methyl sites for hydroxylation is 2. The number of rotatable bonds is 3. The standard InChI is InChI=1S/C20H22N2OS/c1-14-8-11-22(12-9-14)20(23)18-5-4-10-21-19(18)24-17-7-6-15(2)16(3)13-17/h4-7,10,13H,1,8-9,11-12H2,2-3H3. The molecule has 2 heterocycles. The number of amides is 1. The van der Waals surface area contributed by atoms with Crippen molar-refractivity contribution in [2.24, 2.45) is 0 Å². The Kier molecular flexibility index (Phi) is 5.05. The molecule has 1 aromatic carbocycles. The zero-order valence-electron chi connectivity index (χ0n) is 14.2. The fraction of sp³-hybridized carbons (Fsp3) is 0.300. The second-order valence-electron chi connectivity index (χ2n) is 6.25. The Balaban J connectivity index is 1.83. The number of hydrogen-bond donors (Lipinski definition) is 0. The molecule has 124 valence electrons. The number of aromatic nitrogens is 1. The zero-order valence-corrected chi connectivity index (χ0v) is 15.0. The van der Waals surface area contributed by atoms with Crippen LogP contribution in [-0.4, -0.2) is 28.9 Å². The van der Waals surface area contributed by atoms with Crippen molar-refractivity contribution in [3.8, 4) is 0 Å². The van der Waals surface area contributed by atoms with Gasteiger partial charge in [-0.25, -0.2) is 4.98 Å². The van der Waals surface area contributed by atoms with Crippen LogP contribution in [0.5, 0.6) is 0 Å². The molecule has 0 N–H and O–H groups in total. The predicted octanol–water partition coefficient (Wildman–Crippen LogP) is 4.64. The van der Waals surface area contributed by atoms with Crippen LogP contribution in [0.4, 0.5) is 0 Å². The first-order valence-corrected chi connectivity index (χ1v) is 9.02. The molecule has 0 atom stereocenters. The molecule has 1 aliphatic rings. The Morgan fingerprint density at radius 1 is 1.17 bits per heavy atom. The van der Waals surface area contributed by atoms with Gasteiger partial charge < -0.3 is 4.90 Å². The highest BCUT2D eigenvalue weighted by molar-refractivity contribution is 7.99. The molecular weight excluding hydrogens is 316 g/mol. The summed E-state index contributed by atoms with van der Waals surface area (Å²) in [5.41, 5.74) is 4.44. The van der Waals surface area contributed by atoms with Crippen molar-refractivity contribution in [3.63, 3.8) is 0 Å². The van der Waals surface area contributed by atoms with E-state index < -0.39 is 0 Å². The van der Waals surface area contributed by atoms with Gasteiger partial charge in [-0.05, 0) is 62.1 Å². The van der Waals surface area contributed by atoms with Gasteiger partial charge in [-0.15, -0.1) is 0 Å². The summed E-state index contributed by atoms with van der Waals surface area (Å²) in [5, 5.41) is 0.773. The number of pyridine rings is 1. The largest absolute Gasteiger partial charge is 0.338 e. The quantitative estimate of drug-likeness (QED) is 0.764. The van der Waals surface area contributed by atoms with Crippen molar-refractivity contribution in [3.05, 3.63) is 65.4 Å². The van der Waals surface area contributed by atoms with Crippen molar-refractivity contribution < 1.29 is 4.79 Å². The molecule has 0 radical (unpaired) electrons. The first kappa shape index (κ1) is 16.8. The van der Waals surface area contributed by atoms with E-state index in [1.165, 1.54) is 16.7 Å². The third kappa shape index (κ3) is 3.70. The maximum atomic E-state index is 12.9. The predicted molar refractivity (Wildman–Crippen MR) is 98.6 cm³/mol. The summed E-state index contributed by atoms with van der Waals surface area (Å²) in [6, 6.07) is 10.1. The van der Waals surface area contributed by atoms with E-state index in [0.717, 1.165) is 35.9 Å². The van der Waals surface area contributed by atoms with E-state index in [-0.39, 0.29) is 5.91 Å². The number of carbonyl (C=O) groups excluding carboxylic acids is 1. The van der Waals surface area contributed by atoms with Crippen molar-refractivity contribution in [2.75, 3.05) is 13.1 Å². The van der Waals surface area contributed by atoms with E-state index >= 15 is 0 Å². The average Bonchev–Trinajstić information content (AvgIpc) is 2.59. The minimum absolute atomic E-state index is 0.0712. The Hall–Kier alpha value is -2.07. The third-order valence-electron chi connectivity index (χ3n) is 4.45. The molecule has 0 aliphatic carbocycles. The fourth-order valence-electron chi connectivity index (χ4n) is 2.72. The second kappa shape index (κ2) is 7.22. The molecule has 1 amide bonds. The molecule has 2 aromatic rings. The van der Waals surface area contributed by atoms with Crippen molar-refractivity contribution in [1.29, 1.82) is 0 Å². The fourth-order valence-corrected chi connectivity index (χ4v) is 3.69. The summed E-state index contributed by atoms with van der Waals surface area (Å²) < 4.78 is 0. The molecule has 1 aromatic heterocycles. The maximum Gasteiger partial charge on any atom is 0.256 e. The molecule has 0 spiro atoms. The summed E-state index contributed by atoms with van der Waals surface area (Å²) in [6.45, 7) is 9.72. The SMILES string of the molecule is C=C1CCN(C(=O)c2cccnc2Sc2ccc(C)c(C)c2)CC1. The van der Waals surface area contributed by atoms with Gasteiger partial charge in [0, 0.05) is 24.2 Å². The Bertz CT molecular complexity index is 775. The number of carbonyl (C=O) groups is 1. The lowest BCUT2D eigenvalue weighted by Crippen LogP contribution is -2.36. The Morgan fingerprint density at radius 3 is 2.62 bits per heavy atom. The number of likely N-dealkylation sites (tertiary alicyclic amines) is 1. The zero-order chi connectivity index (χ0) is 17.1. The molecule has 1 saturated heterocycles.